The van der Waals surface area contributed by atoms with Crippen molar-refractivity contribution in [1.29, 1.82) is 0 Å². The molecule has 0 aliphatic rings. The Balaban J connectivity index is 2.82. The number of ether oxygens (including phenoxy) is 3. The fraction of sp³-hybridized carbons (Fsp3) is 0.235. The van der Waals surface area contributed by atoms with Gasteiger partial charge in [0.05, 0.1) is 21.3 Å². The van der Waals surface area contributed by atoms with Crippen molar-refractivity contribution in [3.63, 3.8) is 0 Å². The van der Waals surface area contributed by atoms with Crippen molar-refractivity contribution < 1.29 is 23.4 Å². The van der Waals surface area contributed by atoms with Crippen molar-refractivity contribution >= 4 is 6.29 Å². The van der Waals surface area contributed by atoms with Gasteiger partial charge in [-0.25, -0.2) is 4.39 Å². The van der Waals surface area contributed by atoms with Crippen LogP contribution in [0, 0.1) is 12.7 Å². The Morgan fingerprint density at radius 1 is 1.00 bits per heavy atom. The molecule has 0 N–H and O–H groups in total. The Morgan fingerprint density at radius 3 is 2.18 bits per heavy atom. The maximum Gasteiger partial charge on any atom is 0.203 e. The van der Waals surface area contributed by atoms with Crippen molar-refractivity contribution in [1.82, 2.24) is 0 Å². The Morgan fingerprint density at radius 2 is 1.68 bits per heavy atom. The second kappa shape index (κ2) is 6.47. The molecule has 0 amide bonds. The molecule has 0 radical (unpaired) electrons. The summed E-state index contributed by atoms with van der Waals surface area (Å²) in [7, 11) is 4.44. The second-order valence-electron chi connectivity index (χ2n) is 4.69. The Labute approximate surface area is 128 Å². The van der Waals surface area contributed by atoms with E-state index >= 15 is 0 Å². The van der Waals surface area contributed by atoms with E-state index in [0.29, 0.717) is 45.8 Å². The van der Waals surface area contributed by atoms with Gasteiger partial charge < -0.3 is 14.2 Å². The third-order valence-corrected chi connectivity index (χ3v) is 3.43. The topological polar surface area (TPSA) is 44.8 Å². The number of aldehydes is 1. The third kappa shape index (κ3) is 2.62. The molecule has 5 heteroatoms. The molecule has 0 spiro atoms. The van der Waals surface area contributed by atoms with Crippen LogP contribution in [0.4, 0.5) is 4.39 Å². The highest BCUT2D eigenvalue weighted by Gasteiger charge is 2.22. The standard InChI is InChI=1S/C17H17FO4/c1-10-7-11(5-6-13(10)18)15-12(9-19)8-14(20-2)16(21-3)17(15)22-4/h5-9H,1-4H3. The summed E-state index contributed by atoms with van der Waals surface area (Å²) in [5, 5.41) is 0. The molecule has 0 unspecified atom stereocenters. The molecule has 0 aliphatic carbocycles. The summed E-state index contributed by atoms with van der Waals surface area (Å²) in [4.78, 5) is 11.5. The first-order valence-corrected chi connectivity index (χ1v) is 6.62. The fourth-order valence-electron chi connectivity index (χ4n) is 2.37. The zero-order valence-corrected chi connectivity index (χ0v) is 12.9. The number of hydrogen-bond donors (Lipinski definition) is 0. The lowest BCUT2D eigenvalue weighted by atomic mass is 9.96. The van der Waals surface area contributed by atoms with Crippen LogP contribution >= 0.6 is 0 Å². The van der Waals surface area contributed by atoms with Crippen LogP contribution in [0.5, 0.6) is 17.2 Å². The summed E-state index contributed by atoms with van der Waals surface area (Å²) in [5.74, 6) is 0.836. The number of methoxy groups -OCH3 is 3. The summed E-state index contributed by atoms with van der Waals surface area (Å²) in [6.07, 6.45) is 0.707. The summed E-state index contributed by atoms with van der Waals surface area (Å²) in [5.41, 5.74) is 2.06. The van der Waals surface area contributed by atoms with E-state index in [4.69, 9.17) is 14.2 Å². The van der Waals surface area contributed by atoms with E-state index in [1.165, 1.54) is 27.4 Å². The van der Waals surface area contributed by atoms with E-state index in [1.807, 2.05) is 0 Å². The van der Waals surface area contributed by atoms with Crippen LogP contribution in [0.1, 0.15) is 15.9 Å². The minimum atomic E-state index is -0.309. The van der Waals surface area contributed by atoms with E-state index in [0.717, 1.165) is 0 Å². The van der Waals surface area contributed by atoms with Gasteiger partial charge in [0.1, 0.15) is 5.82 Å². The highest BCUT2D eigenvalue weighted by atomic mass is 19.1. The molecule has 2 rings (SSSR count). The van der Waals surface area contributed by atoms with E-state index < -0.39 is 0 Å². The number of aryl methyl sites for hydroxylation is 1. The molecule has 116 valence electrons. The number of rotatable bonds is 5. The normalized spacial score (nSPS) is 10.2. The van der Waals surface area contributed by atoms with Gasteiger partial charge in [-0.15, -0.1) is 0 Å². The first-order chi connectivity index (χ1) is 10.6. The predicted molar refractivity (Wildman–Crippen MR) is 81.6 cm³/mol. The summed E-state index contributed by atoms with van der Waals surface area (Å²) >= 11 is 0. The zero-order chi connectivity index (χ0) is 16.3. The first-order valence-electron chi connectivity index (χ1n) is 6.62. The van der Waals surface area contributed by atoms with Crippen molar-refractivity contribution in [2.45, 2.75) is 6.92 Å². The van der Waals surface area contributed by atoms with Gasteiger partial charge in [0, 0.05) is 11.1 Å². The zero-order valence-electron chi connectivity index (χ0n) is 12.9. The van der Waals surface area contributed by atoms with Crippen molar-refractivity contribution in [3.05, 3.63) is 41.2 Å². The third-order valence-electron chi connectivity index (χ3n) is 3.43. The molecule has 0 bridgehead atoms. The number of halogens is 1. The van der Waals surface area contributed by atoms with Crippen LogP contribution in [0.3, 0.4) is 0 Å². The van der Waals surface area contributed by atoms with Gasteiger partial charge in [-0.3, -0.25) is 4.79 Å². The molecular weight excluding hydrogens is 287 g/mol. The maximum absolute atomic E-state index is 13.5. The van der Waals surface area contributed by atoms with Gasteiger partial charge in [0.25, 0.3) is 0 Å². The summed E-state index contributed by atoms with van der Waals surface area (Å²) < 4.78 is 29.5. The number of carbonyl (C=O) groups is 1. The molecule has 2 aromatic rings. The van der Waals surface area contributed by atoms with Crippen LogP contribution in [0.2, 0.25) is 0 Å². The van der Waals surface area contributed by atoms with Crippen molar-refractivity contribution in [2.75, 3.05) is 21.3 Å². The molecular formula is C17H17FO4. The molecule has 22 heavy (non-hydrogen) atoms. The average molecular weight is 304 g/mol. The Hall–Kier alpha value is -2.56. The molecule has 2 aromatic carbocycles. The van der Waals surface area contributed by atoms with Gasteiger partial charge in [0.2, 0.25) is 5.75 Å². The Bertz CT molecular complexity index is 710. The lowest BCUT2D eigenvalue weighted by Crippen LogP contribution is -2.01. The smallest absolute Gasteiger partial charge is 0.203 e. The van der Waals surface area contributed by atoms with Gasteiger partial charge in [-0.1, -0.05) is 6.07 Å². The van der Waals surface area contributed by atoms with Crippen LogP contribution in [0.15, 0.2) is 24.3 Å². The molecule has 0 aliphatic heterocycles. The van der Waals surface area contributed by atoms with Crippen LogP contribution in [-0.4, -0.2) is 27.6 Å². The molecule has 0 aromatic heterocycles. The van der Waals surface area contributed by atoms with Crippen LogP contribution < -0.4 is 14.2 Å². The predicted octanol–water partition coefficient (Wildman–Crippen LogP) is 3.64. The minimum Gasteiger partial charge on any atom is -0.493 e. The Kier molecular flexibility index (Phi) is 4.65. The van der Waals surface area contributed by atoms with E-state index in [2.05, 4.69) is 0 Å². The highest BCUT2D eigenvalue weighted by Crippen LogP contribution is 2.46. The first kappa shape index (κ1) is 15.8. The molecule has 4 nitrogen and oxygen atoms in total. The van der Waals surface area contributed by atoms with Crippen molar-refractivity contribution in [2.24, 2.45) is 0 Å². The quantitative estimate of drug-likeness (QED) is 0.791. The molecule has 0 fully saturated rings. The van der Waals surface area contributed by atoms with Gasteiger partial charge in [-0.2, -0.15) is 0 Å². The number of carbonyl (C=O) groups excluding carboxylic acids is 1. The van der Waals surface area contributed by atoms with Crippen LogP contribution in [0.25, 0.3) is 11.1 Å². The lowest BCUT2D eigenvalue weighted by molar-refractivity contribution is 0.112. The summed E-state index contributed by atoms with van der Waals surface area (Å²) in [6, 6.07) is 6.18. The maximum atomic E-state index is 13.5. The van der Waals surface area contributed by atoms with Crippen molar-refractivity contribution in [3.8, 4) is 28.4 Å². The lowest BCUT2D eigenvalue weighted by Gasteiger charge is -2.18. The number of hydrogen-bond acceptors (Lipinski definition) is 4. The molecule has 0 saturated carbocycles. The summed E-state index contributed by atoms with van der Waals surface area (Å²) in [6.45, 7) is 1.66. The molecule has 0 atom stereocenters. The van der Waals surface area contributed by atoms with Gasteiger partial charge in [-0.05, 0) is 36.2 Å². The minimum absolute atomic E-state index is 0.309. The van der Waals surface area contributed by atoms with E-state index in [-0.39, 0.29) is 5.82 Å². The SMILES string of the molecule is COc1cc(C=O)c(-c2ccc(F)c(C)c2)c(OC)c1OC. The largest absolute Gasteiger partial charge is 0.493 e. The van der Waals surface area contributed by atoms with E-state index in [1.54, 1.807) is 25.1 Å². The molecule has 0 saturated heterocycles. The van der Waals surface area contributed by atoms with E-state index in [9.17, 15) is 9.18 Å². The van der Waals surface area contributed by atoms with Crippen LogP contribution in [-0.2, 0) is 0 Å². The second-order valence-corrected chi connectivity index (χ2v) is 4.69. The number of benzene rings is 2. The fourth-order valence-corrected chi connectivity index (χ4v) is 2.37. The molecule has 0 heterocycles. The van der Waals surface area contributed by atoms with Gasteiger partial charge >= 0.3 is 0 Å². The average Bonchev–Trinajstić information content (AvgIpc) is 2.55. The monoisotopic (exact) mass is 304 g/mol. The highest BCUT2D eigenvalue weighted by molar-refractivity contribution is 5.93. The van der Waals surface area contributed by atoms with Gasteiger partial charge in [0.15, 0.2) is 17.8 Å².